The van der Waals surface area contributed by atoms with Crippen molar-refractivity contribution in [2.45, 2.75) is 154 Å². The average molecular weight is 751 g/mol. The molecular weight excluding hydrogens is 696 g/mol. The van der Waals surface area contributed by atoms with Gasteiger partial charge in [0.25, 0.3) is 0 Å². The molecule has 0 radical (unpaired) electrons. The van der Waals surface area contributed by atoms with Gasteiger partial charge in [0.2, 0.25) is 0 Å². The predicted octanol–water partition coefficient (Wildman–Crippen LogP) is 10.6. The highest BCUT2D eigenvalue weighted by atomic mass is 17.2. The number of benzene rings is 2. The molecule has 2 aliphatic carbocycles. The smallest absolute Gasteiger partial charge is 0.431 e. The van der Waals surface area contributed by atoms with Crippen LogP contribution in [0.1, 0.15) is 184 Å². The molecule has 54 heavy (non-hydrogen) atoms. The summed E-state index contributed by atoms with van der Waals surface area (Å²) < 4.78 is 21.5. The highest BCUT2D eigenvalue weighted by molar-refractivity contribution is 6.02. The lowest BCUT2D eigenvalue weighted by molar-refractivity contribution is -0.187. The third kappa shape index (κ3) is 13.6. The molecule has 0 aromatic heterocycles. The number of ketones is 2. The standard InChI is InChI=1S/C42H54O12/c1-3-5-7-9-11-21-35(43)29-23-25-37(51-41(47)49-31-17-13-14-18-31)33(27-29)39(45)53-54-40(46)34-28-30(36(44)22-12-10-8-6-4-2)24-26-38(34)52-42(48)50-32-19-15-16-20-32/h23-28,31-32H,3-22H2,1-2H3. The number of rotatable bonds is 20. The van der Waals surface area contributed by atoms with Crippen LogP contribution in [0, 0.1) is 0 Å². The molecule has 12 nitrogen and oxygen atoms in total. The lowest BCUT2D eigenvalue weighted by Gasteiger charge is -2.14. The van der Waals surface area contributed by atoms with Crippen LogP contribution in [0.25, 0.3) is 0 Å². The van der Waals surface area contributed by atoms with E-state index in [0.717, 1.165) is 77.0 Å². The summed E-state index contributed by atoms with van der Waals surface area (Å²) in [5, 5.41) is 0. The first-order chi connectivity index (χ1) is 26.2. The van der Waals surface area contributed by atoms with Gasteiger partial charge in [0.15, 0.2) is 11.6 Å². The van der Waals surface area contributed by atoms with E-state index >= 15 is 0 Å². The van der Waals surface area contributed by atoms with Crippen LogP contribution in [-0.4, -0.2) is 48.0 Å². The Balaban J connectivity index is 1.51. The zero-order valence-corrected chi connectivity index (χ0v) is 31.7. The summed E-state index contributed by atoms with van der Waals surface area (Å²) in [5.41, 5.74) is -0.353. The second kappa shape index (κ2) is 22.5. The maximum atomic E-state index is 13.5. The molecule has 294 valence electrons. The Kier molecular flexibility index (Phi) is 17.5. The Bertz CT molecular complexity index is 1470. The number of unbranched alkanes of at least 4 members (excludes halogenated alkanes) is 8. The predicted molar refractivity (Wildman–Crippen MR) is 198 cm³/mol. The maximum Gasteiger partial charge on any atom is 0.514 e. The van der Waals surface area contributed by atoms with E-state index in [1.165, 1.54) is 36.4 Å². The summed E-state index contributed by atoms with van der Waals surface area (Å²) in [4.78, 5) is 88.2. The number of hydrogen-bond donors (Lipinski definition) is 0. The van der Waals surface area contributed by atoms with Gasteiger partial charge in [-0.1, -0.05) is 65.2 Å². The third-order valence-electron chi connectivity index (χ3n) is 9.77. The van der Waals surface area contributed by atoms with Crippen LogP contribution in [0.2, 0.25) is 0 Å². The normalized spacial score (nSPS) is 14.3. The molecule has 0 bridgehead atoms. The molecule has 2 fully saturated rings. The van der Waals surface area contributed by atoms with Crippen LogP contribution in [-0.2, 0) is 19.2 Å². The summed E-state index contributed by atoms with van der Waals surface area (Å²) >= 11 is 0. The van der Waals surface area contributed by atoms with Crippen LogP contribution in [0.3, 0.4) is 0 Å². The van der Waals surface area contributed by atoms with Crippen molar-refractivity contribution in [3.8, 4) is 11.5 Å². The van der Waals surface area contributed by atoms with Gasteiger partial charge < -0.3 is 18.9 Å². The second-order valence-corrected chi connectivity index (χ2v) is 14.1. The number of Topliss-reactive ketones (excluding diaryl/α,β-unsaturated/α-hetero) is 2. The Labute approximate surface area is 317 Å². The molecule has 12 heteroatoms. The zero-order valence-electron chi connectivity index (χ0n) is 31.7. The first kappa shape index (κ1) is 42.0. The summed E-state index contributed by atoms with van der Waals surface area (Å²) in [6.45, 7) is 4.21. The fraction of sp³-hybridized carbons (Fsp3) is 0.571. The average Bonchev–Trinajstić information content (AvgIpc) is 3.88. The quantitative estimate of drug-likeness (QED) is 0.0315. The van der Waals surface area contributed by atoms with Gasteiger partial charge in [-0.15, -0.1) is 0 Å². The van der Waals surface area contributed by atoms with Crippen molar-refractivity contribution in [2.75, 3.05) is 0 Å². The van der Waals surface area contributed by atoms with E-state index in [4.69, 9.17) is 28.7 Å². The fourth-order valence-corrected chi connectivity index (χ4v) is 6.65. The summed E-state index contributed by atoms with van der Waals surface area (Å²) in [7, 11) is 0. The highest BCUT2D eigenvalue weighted by Gasteiger charge is 2.28. The Morgan fingerprint density at radius 3 is 1.26 bits per heavy atom. The zero-order chi connectivity index (χ0) is 38.7. The van der Waals surface area contributed by atoms with Crippen molar-refractivity contribution in [1.29, 1.82) is 0 Å². The molecule has 0 aliphatic heterocycles. The molecular formula is C42H54O12. The van der Waals surface area contributed by atoms with Gasteiger partial charge >= 0.3 is 24.2 Å². The molecule has 0 amide bonds. The number of ether oxygens (including phenoxy) is 4. The third-order valence-corrected chi connectivity index (χ3v) is 9.77. The summed E-state index contributed by atoms with van der Waals surface area (Å²) in [5.74, 6) is -3.46. The fourth-order valence-electron chi connectivity index (χ4n) is 6.65. The van der Waals surface area contributed by atoms with Crippen molar-refractivity contribution in [3.63, 3.8) is 0 Å². The van der Waals surface area contributed by atoms with Crippen molar-refractivity contribution >= 4 is 35.8 Å². The highest BCUT2D eigenvalue weighted by Crippen LogP contribution is 2.28. The lowest BCUT2D eigenvalue weighted by atomic mass is 10.0. The number of hydrogen-bond acceptors (Lipinski definition) is 12. The largest absolute Gasteiger partial charge is 0.514 e. The molecule has 0 heterocycles. The van der Waals surface area contributed by atoms with Crippen molar-refractivity contribution in [2.24, 2.45) is 0 Å². The molecule has 2 saturated carbocycles. The lowest BCUT2D eigenvalue weighted by Crippen LogP contribution is -2.21. The van der Waals surface area contributed by atoms with Gasteiger partial charge in [0.1, 0.15) is 34.8 Å². The molecule has 0 spiro atoms. The maximum absolute atomic E-state index is 13.5. The van der Waals surface area contributed by atoms with Crippen LogP contribution in [0.4, 0.5) is 9.59 Å². The van der Waals surface area contributed by atoms with Crippen LogP contribution in [0.15, 0.2) is 36.4 Å². The molecule has 2 aromatic rings. The molecule has 0 N–H and O–H groups in total. The van der Waals surface area contributed by atoms with Gasteiger partial charge in [-0.05, 0) is 101 Å². The molecule has 2 aromatic carbocycles. The van der Waals surface area contributed by atoms with Crippen LogP contribution >= 0.6 is 0 Å². The monoisotopic (exact) mass is 750 g/mol. The van der Waals surface area contributed by atoms with Crippen molar-refractivity contribution in [3.05, 3.63) is 58.7 Å². The minimum Gasteiger partial charge on any atom is -0.431 e. The van der Waals surface area contributed by atoms with E-state index < -0.39 is 24.2 Å². The van der Waals surface area contributed by atoms with E-state index in [-0.39, 0.29) is 70.4 Å². The van der Waals surface area contributed by atoms with Crippen molar-refractivity contribution < 1.29 is 57.5 Å². The van der Waals surface area contributed by atoms with E-state index in [1.54, 1.807) is 0 Å². The molecule has 4 rings (SSSR count). The molecule has 0 atom stereocenters. The Hall–Kier alpha value is -4.74. The topological polar surface area (TPSA) is 158 Å². The SMILES string of the molecule is CCCCCCCC(=O)c1ccc(OC(=O)OC2CCCC2)c(C(=O)OOC(=O)c2cc(C(=O)CCCCCCC)ccc2OC(=O)OC2CCCC2)c1. The Morgan fingerprint density at radius 1 is 0.519 bits per heavy atom. The first-order valence-corrected chi connectivity index (χ1v) is 19.7. The minimum absolute atomic E-state index is 0.178. The van der Waals surface area contributed by atoms with E-state index in [0.29, 0.717) is 38.5 Å². The Morgan fingerprint density at radius 2 is 0.889 bits per heavy atom. The van der Waals surface area contributed by atoms with Crippen molar-refractivity contribution in [1.82, 2.24) is 0 Å². The summed E-state index contributed by atoms with van der Waals surface area (Å²) in [6.07, 6.45) is 13.7. The molecule has 0 unspecified atom stereocenters. The number of carbonyl (C=O) groups is 6. The van der Waals surface area contributed by atoms with Gasteiger partial charge in [0.05, 0.1) is 0 Å². The van der Waals surface area contributed by atoms with E-state index in [9.17, 15) is 28.8 Å². The molecule has 0 saturated heterocycles. The minimum atomic E-state index is -1.24. The van der Waals surface area contributed by atoms with Gasteiger partial charge in [0, 0.05) is 24.0 Å². The second-order valence-electron chi connectivity index (χ2n) is 14.1. The molecule has 2 aliphatic rings. The van der Waals surface area contributed by atoms with Gasteiger partial charge in [-0.2, -0.15) is 0 Å². The first-order valence-electron chi connectivity index (χ1n) is 19.7. The van der Waals surface area contributed by atoms with Crippen LogP contribution < -0.4 is 9.47 Å². The van der Waals surface area contributed by atoms with Gasteiger partial charge in [-0.3, -0.25) is 9.59 Å². The number of carbonyl (C=O) groups excluding carboxylic acids is 6. The van der Waals surface area contributed by atoms with E-state index in [2.05, 4.69) is 13.8 Å². The summed E-state index contributed by atoms with van der Waals surface area (Å²) in [6, 6.07) is 7.90. The van der Waals surface area contributed by atoms with Crippen LogP contribution in [0.5, 0.6) is 11.5 Å². The van der Waals surface area contributed by atoms with E-state index in [1.807, 2.05) is 0 Å². The van der Waals surface area contributed by atoms with Gasteiger partial charge in [-0.25, -0.2) is 29.0 Å².